The molecule has 1 fully saturated rings. The second kappa shape index (κ2) is 9.13. The summed E-state index contributed by atoms with van der Waals surface area (Å²) in [7, 11) is 0. The zero-order valence-electron chi connectivity index (χ0n) is 17.3. The molecule has 2 amide bonds. The van der Waals surface area contributed by atoms with E-state index in [9.17, 15) is 9.59 Å². The fourth-order valence-electron chi connectivity index (χ4n) is 4.14. The number of amides is 2. The monoisotopic (exact) mass is 404 g/mol. The van der Waals surface area contributed by atoms with Crippen LogP contribution < -0.4 is 10.6 Å². The van der Waals surface area contributed by atoms with Crippen LogP contribution in [0.15, 0.2) is 60.7 Å². The smallest absolute Gasteiger partial charge is 0.240 e. The molecule has 6 heteroatoms. The summed E-state index contributed by atoms with van der Waals surface area (Å²) in [6.07, 6.45) is 1.71. The summed E-state index contributed by atoms with van der Waals surface area (Å²) in [6.45, 7) is 4.35. The Hall–Kier alpha value is -3.12. The summed E-state index contributed by atoms with van der Waals surface area (Å²) in [5.41, 5.74) is 2.99. The van der Waals surface area contributed by atoms with Gasteiger partial charge in [0.2, 0.25) is 11.8 Å². The van der Waals surface area contributed by atoms with E-state index in [4.69, 9.17) is 0 Å². The standard InChI is InChI=1S/C24H28N4O2/c1-18-15-19-7-5-6-10-22(19)28(18)17-24(30)26-21-11-13-27(14-12-21)16-23(29)25-20-8-3-2-4-9-20/h2-10,15,21H,11-14,16-17H2,1H3,(H,25,29)(H,26,30). The van der Waals surface area contributed by atoms with Gasteiger partial charge in [0.15, 0.2) is 0 Å². The maximum Gasteiger partial charge on any atom is 0.240 e. The van der Waals surface area contributed by atoms with E-state index < -0.39 is 0 Å². The minimum atomic E-state index is -0.00125. The number of nitrogens with zero attached hydrogens (tertiary/aromatic N) is 2. The maximum absolute atomic E-state index is 12.6. The van der Waals surface area contributed by atoms with Crippen LogP contribution in [0.25, 0.3) is 10.9 Å². The first-order valence-electron chi connectivity index (χ1n) is 10.5. The van der Waals surface area contributed by atoms with E-state index in [0.29, 0.717) is 13.1 Å². The van der Waals surface area contributed by atoms with E-state index in [0.717, 1.165) is 48.2 Å². The van der Waals surface area contributed by atoms with Crippen molar-refractivity contribution in [2.24, 2.45) is 0 Å². The number of carbonyl (C=O) groups excluding carboxylic acids is 2. The molecule has 1 aromatic heterocycles. The van der Waals surface area contributed by atoms with Gasteiger partial charge in [-0.15, -0.1) is 0 Å². The van der Waals surface area contributed by atoms with E-state index in [1.807, 2.05) is 49.4 Å². The van der Waals surface area contributed by atoms with Crippen LogP contribution in [0.5, 0.6) is 0 Å². The van der Waals surface area contributed by atoms with Crippen LogP contribution in [0.3, 0.4) is 0 Å². The fraction of sp³-hybridized carbons (Fsp3) is 0.333. The third-order valence-corrected chi connectivity index (χ3v) is 5.70. The Morgan fingerprint density at radius 2 is 1.63 bits per heavy atom. The van der Waals surface area contributed by atoms with Gasteiger partial charge in [-0.05, 0) is 49.4 Å². The number of hydrogen-bond acceptors (Lipinski definition) is 3. The average Bonchev–Trinajstić information content (AvgIpc) is 3.05. The summed E-state index contributed by atoms with van der Waals surface area (Å²) >= 11 is 0. The molecule has 4 rings (SSSR count). The van der Waals surface area contributed by atoms with Crippen molar-refractivity contribution < 1.29 is 9.59 Å². The maximum atomic E-state index is 12.6. The van der Waals surface area contributed by atoms with Crippen molar-refractivity contribution in [3.05, 3.63) is 66.4 Å². The van der Waals surface area contributed by atoms with Gasteiger partial charge < -0.3 is 15.2 Å². The minimum Gasteiger partial charge on any atom is -0.352 e. The van der Waals surface area contributed by atoms with Crippen LogP contribution in [0.2, 0.25) is 0 Å². The molecule has 156 valence electrons. The topological polar surface area (TPSA) is 66.4 Å². The lowest BCUT2D eigenvalue weighted by Gasteiger charge is -2.32. The number of aromatic nitrogens is 1. The van der Waals surface area contributed by atoms with E-state index in [2.05, 4.69) is 38.3 Å². The number of rotatable bonds is 6. The molecule has 0 bridgehead atoms. The van der Waals surface area contributed by atoms with Gasteiger partial charge in [0, 0.05) is 36.0 Å². The minimum absolute atomic E-state index is 0.00125. The van der Waals surface area contributed by atoms with Crippen LogP contribution in [-0.4, -0.2) is 47.0 Å². The number of fused-ring (bicyclic) bond motifs is 1. The Kier molecular flexibility index (Phi) is 6.14. The molecule has 0 aliphatic carbocycles. The van der Waals surface area contributed by atoms with Crippen molar-refractivity contribution in [1.82, 2.24) is 14.8 Å². The van der Waals surface area contributed by atoms with E-state index in [-0.39, 0.29) is 17.9 Å². The molecule has 6 nitrogen and oxygen atoms in total. The first kappa shape index (κ1) is 20.2. The van der Waals surface area contributed by atoms with Gasteiger partial charge in [-0.3, -0.25) is 14.5 Å². The zero-order valence-corrected chi connectivity index (χ0v) is 17.3. The third-order valence-electron chi connectivity index (χ3n) is 5.70. The third kappa shape index (κ3) is 4.89. The Bertz CT molecular complexity index is 1020. The molecule has 0 unspecified atom stereocenters. The lowest BCUT2D eigenvalue weighted by Crippen LogP contribution is -2.47. The van der Waals surface area contributed by atoms with Crippen molar-refractivity contribution >= 4 is 28.4 Å². The normalized spacial score (nSPS) is 15.2. The Balaban J connectivity index is 1.24. The van der Waals surface area contributed by atoms with Gasteiger partial charge in [-0.25, -0.2) is 0 Å². The Morgan fingerprint density at radius 1 is 0.933 bits per heavy atom. The lowest BCUT2D eigenvalue weighted by molar-refractivity contribution is -0.123. The van der Waals surface area contributed by atoms with Crippen molar-refractivity contribution in [3.8, 4) is 0 Å². The average molecular weight is 405 g/mol. The summed E-state index contributed by atoms with van der Waals surface area (Å²) in [6, 6.07) is 19.9. The van der Waals surface area contributed by atoms with Crippen molar-refractivity contribution in [1.29, 1.82) is 0 Å². The first-order valence-corrected chi connectivity index (χ1v) is 10.5. The van der Waals surface area contributed by atoms with Gasteiger partial charge in [0.1, 0.15) is 6.54 Å². The quantitative estimate of drug-likeness (QED) is 0.663. The number of anilines is 1. The van der Waals surface area contributed by atoms with E-state index >= 15 is 0 Å². The highest BCUT2D eigenvalue weighted by Gasteiger charge is 2.22. The van der Waals surface area contributed by atoms with Gasteiger partial charge in [0.05, 0.1) is 6.54 Å². The SMILES string of the molecule is Cc1cc2ccccc2n1CC(=O)NC1CCN(CC(=O)Nc2ccccc2)CC1. The van der Waals surface area contributed by atoms with E-state index in [1.165, 1.54) is 0 Å². The Labute approximate surface area is 176 Å². The molecule has 0 spiro atoms. The molecule has 0 atom stereocenters. The molecule has 0 saturated carbocycles. The molecular formula is C24H28N4O2. The van der Waals surface area contributed by atoms with Gasteiger partial charge in [0.25, 0.3) is 0 Å². The van der Waals surface area contributed by atoms with Crippen LogP contribution in [-0.2, 0) is 16.1 Å². The summed E-state index contributed by atoms with van der Waals surface area (Å²) in [5.74, 6) is 0.0402. The molecule has 1 aliphatic heterocycles. The van der Waals surface area contributed by atoms with Gasteiger partial charge >= 0.3 is 0 Å². The first-order chi connectivity index (χ1) is 14.6. The van der Waals surface area contributed by atoms with E-state index in [1.54, 1.807) is 0 Å². The number of hydrogen-bond donors (Lipinski definition) is 2. The number of aryl methyl sites for hydroxylation is 1. The highest BCUT2D eigenvalue weighted by molar-refractivity contribution is 5.92. The number of nitrogens with one attached hydrogen (secondary N) is 2. The summed E-state index contributed by atoms with van der Waals surface area (Å²) in [5, 5.41) is 7.26. The van der Waals surface area contributed by atoms with Crippen LogP contribution in [0.4, 0.5) is 5.69 Å². The second-order valence-electron chi connectivity index (χ2n) is 7.96. The van der Waals surface area contributed by atoms with Crippen LogP contribution in [0, 0.1) is 6.92 Å². The molecule has 2 aromatic carbocycles. The van der Waals surface area contributed by atoms with Gasteiger partial charge in [-0.2, -0.15) is 0 Å². The number of para-hydroxylation sites is 2. The number of likely N-dealkylation sites (tertiary alicyclic amines) is 1. The molecule has 3 aromatic rings. The molecule has 1 aliphatic rings. The molecule has 0 radical (unpaired) electrons. The van der Waals surface area contributed by atoms with Crippen molar-refractivity contribution in [3.63, 3.8) is 0 Å². The summed E-state index contributed by atoms with van der Waals surface area (Å²) in [4.78, 5) is 27.0. The fourth-order valence-corrected chi connectivity index (χ4v) is 4.14. The number of benzene rings is 2. The molecule has 2 N–H and O–H groups in total. The predicted octanol–water partition coefficient (Wildman–Crippen LogP) is 3.17. The number of carbonyl (C=O) groups is 2. The number of piperidine rings is 1. The second-order valence-corrected chi connectivity index (χ2v) is 7.96. The lowest BCUT2D eigenvalue weighted by atomic mass is 10.0. The zero-order chi connectivity index (χ0) is 20.9. The Morgan fingerprint density at radius 3 is 2.40 bits per heavy atom. The van der Waals surface area contributed by atoms with Crippen molar-refractivity contribution in [2.45, 2.75) is 32.4 Å². The largest absolute Gasteiger partial charge is 0.352 e. The highest BCUT2D eigenvalue weighted by atomic mass is 16.2. The predicted molar refractivity (Wildman–Crippen MR) is 119 cm³/mol. The molecule has 2 heterocycles. The van der Waals surface area contributed by atoms with Crippen LogP contribution in [0.1, 0.15) is 18.5 Å². The van der Waals surface area contributed by atoms with Gasteiger partial charge in [-0.1, -0.05) is 36.4 Å². The molecular weight excluding hydrogens is 376 g/mol. The highest BCUT2D eigenvalue weighted by Crippen LogP contribution is 2.19. The van der Waals surface area contributed by atoms with Crippen LogP contribution >= 0.6 is 0 Å². The summed E-state index contributed by atoms with van der Waals surface area (Å²) < 4.78 is 2.06. The van der Waals surface area contributed by atoms with Crippen molar-refractivity contribution in [2.75, 3.05) is 25.0 Å². The molecule has 1 saturated heterocycles. The molecule has 30 heavy (non-hydrogen) atoms.